The van der Waals surface area contributed by atoms with Crippen molar-refractivity contribution in [3.63, 3.8) is 0 Å². The van der Waals surface area contributed by atoms with Crippen molar-refractivity contribution in [1.29, 1.82) is 0 Å². The van der Waals surface area contributed by atoms with E-state index in [-0.39, 0.29) is 0 Å². The highest BCUT2D eigenvalue weighted by Crippen LogP contribution is 2.15. The molecule has 0 saturated heterocycles. The first-order valence-electron chi connectivity index (χ1n) is 6.98. The summed E-state index contributed by atoms with van der Waals surface area (Å²) in [4.78, 5) is 8.84. The number of anilines is 1. The van der Waals surface area contributed by atoms with Gasteiger partial charge in [0, 0.05) is 36.3 Å². The minimum atomic E-state index is 0.851. The maximum atomic E-state index is 4.54. The Labute approximate surface area is 127 Å². The molecule has 0 spiro atoms. The highest BCUT2D eigenvalue weighted by atomic mass is 32.2. The Bertz CT molecular complexity index is 710. The molecule has 0 fully saturated rings. The molecule has 21 heavy (non-hydrogen) atoms. The minimum absolute atomic E-state index is 0.851. The maximum Gasteiger partial charge on any atom is 0.157 e. The number of hydrogen-bond donors (Lipinski definition) is 1. The van der Waals surface area contributed by atoms with Crippen LogP contribution in [0.25, 0.3) is 5.65 Å². The quantitative estimate of drug-likeness (QED) is 0.560. The smallest absolute Gasteiger partial charge is 0.157 e. The average molecular weight is 299 g/mol. The van der Waals surface area contributed by atoms with Crippen LogP contribution in [0.3, 0.4) is 0 Å². The molecule has 6 heteroatoms. The zero-order chi connectivity index (χ0) is 14.5. The Hall–Kier alpha value is -2.08. The second kappa shape index (κ2) is 6.58. The summed E-state index contributed by atoms with van der Waals surface area (Å²) >= 11 is 1.74. The topological polar surface area (TPSA) is 55.1 Å². The van der Waals surface area contributed by atoms with Crippen molar-refractivity contribution in [1.82, 2.24) is 19.6 Å². The summed E-state index contributed by atoms with van der Waals surface area (Å²) in [5.41, 5.74) is 1.96. The summed E-state index contributed by atoms with van der Waals surface area (Å²) in [6.07, 6.45) is 4.51. The third-order valence-electron chi connectivity index (χ3n) is 3.07. The van der Waals surface area contributed by atoms with Crippen LogP contribution >= 0.6 is 11.8 Å². The molecule has 3 aromatic rings. The van der Waals surface area contributed by atoms with Gasteiger partial charge in [0.1, 0.15) is 5.82 Å². The van der Waals surface area contributed by atoms with E-state index in [2.05, 4.69) is 33.4 Å². The van der Waals surface area contributed by atoms with Gasteiger partial charge in [0.25, 0.3) is 0 Å². The van der Waals surface area contributed by atoms with Crippen LogP contribution in [0, 0.1) is 0 Å². The number of nitrogens with one attached hydrogen (secondary N) is 1. The highest BCUT2D eigenvalue weighted by molar-refractivity contribution is 7.99. The van der Waals surface area contributed by atoms with E-state index in [1.807, 2.05) is 35.0 Å². The van der Waals surface area contributed by atoms with Crippen molar-refractivity contribution >= 4 is 23.2 Å². The van der Waals surface area contributed by atoms with E-state index < -0.39 is 0 Å². The van der Waals surface area contributed by atoms with Crippen LogP contribution in [0.1, 0.15) is 12.6 Å². The van der Waals surface area contributed by atoms with E-state index in [1.54, 1.807) is 18.0 Å². The summed E-state index contributed by atoms with van der Waals surface area (Å²) < 4.78 is 1.84. The second-order valence-corrected chi connectivity index (χ2v) is 5.65. The summed E-state index contributed by atoms with van der Waals surface area (Å²) in [5, 5.41) is 8.78. The highest BCUT2D eigenvalue weighted by Gasteiger charge is 2.05. The molecular weight excluding hydrogens is 282 g/mol. The number of thioether (sulfide) groups is 1. The Morgan fingerprint density at radius 2 is 2.19 bits per heavy atom. The number of aryl methyl sites for hydroxylation is 1. The fourth-order valence-electron chi connectivity index (χ4n) is 2.04. The molecule has 3 rings (SSSR count). The summed E-state index contributed by atoms with van der Waals surface area (Å²) in [7, 11) is 0. The van der Waals surface area contributed by atoms with Gasteiger partial charge in [0.05, 0.1) is 11.2 Å². The van der Waals surface area contributed by atoms with Crippen LogP contribution in [-0.2, 0) is 6.42 Å². The third-order valence-corrected chi connectivity index (χ3v) is 4.02. The lowest BCUT2D eigenvalue weighted by atomic mass is 10.3. The number of hydrogen-bond acceptors (Lipinski definition) is 5. The lowest BCUT2D eigenvalue weighted by Gasteiger charge is -2.09. The van der Waals surface area contributed by atoms with Crippen molar-refractivity contribution in [3.05, 3.63) is 48.4 Å². The molecule has 0 aliphatic carbocycles. The van der Waals surface area contributed by atoms with E-state index in [9.17, 15) is 0 Å². The second-order valence-electron chi connectivity index (χ2n) is 4.53. The molecule has 5 nitrogen and oxygen atoms in total. The van der Waals surface area contributed by atoms with Gasteiger partial charge in [-0.15, -0.1) is 11.8 Å². The van der Waals surface area contributed by atoms with Gasteiger partial charge >= 0.3 is 0 Å². The van der Waals surface area contributed by atoms with E-state index in [1.165, 1.54) is 0 Å². The predicted octanol–water partition coefficient (Wildman–Crippen LogP) is 2.89. The zero-order valence-electron chi connectivity index (χ0n) is 11.9. The molecule has 0 saturated carbocycles. The lowest BCUT2D eigenvalue weighted by Crippen LogP contribution is -2.10. The molecule has 3 aromatic heterocycles. The average Bonchev–Trinajstić information content (AvgIpc) is 3.00. The zero-order valence-corrected chi connectivity index (χ0v) is 12.7. The van der Waals surface area contributed by atoms with Crippen molar-refractivity contribution < 1.29 is 0 Å². The Balaban J connectivity index is 1.63. The SMILES string of the molecule is CCc1cc(NCCSc2ccccn2)n2nccc2n1. The normalized spacial score (nSPS) is 10.9. The van der Waals surface area contributed by atoms with Crippen molar-refractivity contribution in [2.24, 2.45) is 0 Å². The molecule has 3 heterocycles. The Kier molecular flexibility index (Phi) is 4.35. The number of rotatable bonds is 6. The maximum absolute atomic E-state index is 4.54. The standard InChI is InChI=1S/C15H17N5S/c1-2-12-11-14(20-13(19-12)6-8-18-20)16-9-10-21-15-5-3-4-7-17-15/h3-8,11,16H,2,9-10H2,1H3. The first-order chi connectivity index (χ1) is 10.4. The van der Waals surface area contributed by atoms with Crippen molar-refractivity contribution in [3.8, 4) is 0 Å². The van der Waals surface area contributed by atoms with Gasteiger partial charge in [-0.1, -0.05) is 13.0 Å². The van der Waals surface area contributed by atoms with E-state index >= 15 is 0 Å². The van der Waals surface area contributed by atoms with Crippen LogP contribution in [0.15, 0.2) is 47.8 Å². The lowest BCUT2D eigenvalue weighted by molar-refractivity contribution is 0.908. The van der Waals surface area contributed by atoms with Crippen LogP contribution in [-0.4, -0.2) is 31.9 Å². The molecule has 0 amide bonds. The van der Waals surface area contributed by atoms with Gasteiger partial charge in [-0.05, 0) is 18.6 Å². The van der Waals surface area contributed by atoms with Crippen LogP contribution in [0.5, 0.6) is 0 Å². The monoisotopic (exact) mass is 299 g/mol. The minimum Gasteiger partial charge on any atom is -0.369 e. The fourth-order valence-corrected chi connectivity index (χ4v) is 2.76. The first-order valence-corrected chi connectivity index (χ1v) is 7.97. The number of pyridine rings is 1. The largest absolute Gasteiger partial charge is 0.369 e. The number of fused-ring (bicyclic) bond motifs is 1. The molecule has 0 aliphatic rings. The van der Waals surface area contributed by atoms with Crippen LogP contribution < -0.4 is 5.32 Å². The molecule has 0 atom stereocenters. The van der Waals surface area contributed by atoms with E-state index in [0.717, 1.165) is 40.9 Å². The first kappa shape index (κ1) is 13.9. The molecule has 0 radical (unpaired) electrons. The van der Waals surface area contributed by atoms with Gasteiger partial charge in [0.15, 0.2) is 5.65 Å². The summed E-state index contributed by atoms with van der Waals surface area (Å²) in [5.74, 6) is 1.94. The van der Waals surface area contributed by atoms with Crippen LogP contribution in [0.2, 0.25) is 0 Å². The predicted molar refractivity (Wildman–Crippen MR) is 85.8 cm³/mol. The van der Waals surface area contributed by atoms with Gasteiger partial charge in [-0.3, -0.25) is 0 Å². The third kappa shape index (κ3) is 3.33. The van der Waals surface area contributed by atoms with Gasteiger partial charge in [0.2, 0.25) is 0 Å². The number of aromatic nitrogens is 4. The molecule has 108 valence electrons. The van der Waals surface area contributed by atoms with Gasteiger partial charge in [-0.25, -0.2) is 9.97 Å². The van der Waals surface area contributed by atoms with Gasteiger partial charge < -0.3 is 5.32 Å². The molecule has 0 unspecified atom stereocenters. The Morgan fingerprint density at radius 1 is 1.24 bits per heavy atom. The van der Waals surface area contributed by atoms with Crippen molar-refractivity contribution in [2.75, 3.05) is 17.6 Å². The van der Waals surface area contributed by atoms with Gasteiger partial charge in [-0.2, -0.15) is 9.61 Å². The summed E-state index contributed by atoms with van der Waals surface area (Å²) in [6, 6.07) is 9.95. The molecule has 1 N–H and O–H groups in total. The Morgan fingerprint density at radius 3 is 3.00 bits per heavy atom. The molecular formula is C15H17N5S. The van der Waals surface area contributed by atoms with Crippen molar-refractivity contribution in [2.45, 2.75) is 18.4 Å². The summed E-state index contributed by atoms with van der Waals surface area (Å²) in [6.45, 7) is 2.96. The van der Waals surface area contributed by atoms with Crippen LogP contribution in [0.4, 0.5) is 5.82 Å². The fraction of sp³-hybridized carbons (Fsp3) is 0.267. The van der Waals surface area contributed by atoms with E-state index in [4.69, 9.17) is 0 Å². The molecule has 0 bridgehead atoms. The number of nitrogens with zero attached hydrogens (tertiary/aromatic N) is 4. The molecule has 0 aromatic carbocycles. The molecule has 0 aliphatic heterocycles. The van der Waals surface area contributed by atoms with E-state index in [0.29, 0.717) is 0 Å².